The lowest BCUT2D eigenvalue weighted by Gasteiger charge is -2.13. The van der Waals surface area contributed by atoms with Crippen LogP contribution in [-0.4, -0.2) is 25.4 Å². The quantitative estimate of drug-likeness (QED) is 0.917. The van der Waals surface area contributed by atoms with Gasteiger partial charge in [-0.15, -0.1) is 0 Å². The number of methoxy groups -OCH3 is 2. The zero-order valence-electron chi connectivity index (χ0n) is 9.08. The first kappa shape index (κ1) is 12.3. The van der Waals surface area contributed by atoms with E-state index in [2.05, 4.69) is 15.9 Å². The van der Waals surface area contributed by atoms with Crippen molar-refractivity contribution in [1.82, 2.24) is 0 Å². The predicted octanol–water partition coefficient (Wildman–Crippen LogP) is 2.39. The Bertz CT molecular complexity index is 337. The van der Waals surface area contributed by atoms with E-state index in [1.165, 1.54) is 0 Å². The molecule has 0 fully saturated rings. The molecular formula is C11H15BrO3. The van der Waals surface area contributed by atoms with Gasteiger partial charge < -0.3 is 14.6 Å². The maximum atomic E-state index is 9.33. The Hall–Kier alpha value is -0.740. The third-order valence-corrected chi connectivity index (χ3v) is 2.95. The Kier molecular flexibility index (Phi) is 4.42. The number of hydrogen-bond acceptors (Lipinski definition) is 3. The van der Waals surface area contributed by atoms with Gasteiger partial charge in [-0.3, -0.25) is 0 Å². The summed E-state index contributed by atoms with van der Waals surface area (Å²) in [6.45, 7) is 1.75. The predicted molar refractivity (Wildman–Crippen MR) is 62.6 cm³/mol. The van der Waals surface area contributed by atoms with E-state index >= 15 is 0 Å². The second-order valence-corrected chi connectivity index (χ2v) is 4.12. The molecule has 0 saturated heterocycles. The zero-order valence-corrected chi connectivity index (χ0v) is 10.7. The second kappa shape index (κ2) is 5.37. The van der Waals surface area contributed by atoms with Gasteiger partial charge in [0.25, 0.3) is 0 Å². The number of benzene rings is 1. The molecule has 0 amide bonds. The van der Waals surface area contributed by atoms with Crippen LogP contribution in [0.4, 0.5) is 0 Å². The van der Waals surface area contributed by atoms with Gasteiger partial charge in [0.15, 0.2) is 11.5 Å². The van der Waals surface area contributed by atoms with Gasteiger partial charge in [0.05, 0.1) is 24.8 Å². The Morgan fingerprint density at radius 3 is 2.47 bits per heavy atom. The summed E-state index contributed by atoms with van der Waals surface area (Å²) < 4.78 is 11.2. The molecule has 1 rings (SSSR count). The minimum absolute atomic E-state index is 0.376. The van der Waals surface area contributed by atoms with Crippen LogP contribution in [0.5, 0.6) is 11.5 Å². The van der Waals surface area contributed by atoms with Crippen molar-refractivity contribution in [3.8, 4) is 11.5 Å². The molecule has 0 aliphatic heterocycles. The van der Waals surface area contributed by atoms with E-state index < -0.39 is 0 Å². The Morgan fingerprint density at radius 2 is 2.00 bits per heavy atom. The molecule has 0 heterocycles. The van der Waals surface area contributed by atoms with Gasteiger partial charge >= 0.3 is 0 Å². The number of aliphatic hydroxyl groups excluding tert-OH is 1. The summed E-state index contributed by atoms with van der Waals surface area (Å²) in [6.07, 6.45) is 0.209. The summed E-state index contributed by atoms with van der Waals surface area (Å²) in [4.78, 5) is 0. The molecule has 1 atom stereocenters. The van der Waals surface area contributed by atoms with Gasteiger partial charge in [-0.25, -0.2) is 0 Å². The molecular weight excluding hydrogens is 260 g/mol. The minimum atomic E-state index is -0.376. The van der Waals surface area contributed by atoms with Crippen LogP contribution in [-0.2, 0) is 6.42 Å². The van der Waals surface area contributed by atoms with Crippen LogP contribution in [0.3, 0.4) is 0 Å². The summed E-state index contributed by atoms with van der Waals surface area (Å²) in [6, 6.07) is 3.75. The van der Waals surface area contributed by atoms with Gasteiger partial charge in [-0.05, 0) is 40.9 Å². The maximum Gasteiger partial charge on any atom is 0.175 e. The number of ether oxygens (including phenoxy) is 2. The maximum absolute atomic E-state index is 9.33. The highest BCUT2D eigenvalue weighted by molar-refractivity contribution is 9.10. The fraction of sp³-hybridized carbons (Fsp3) is 0.455. The minimum Gasteiger partial charge on any atom is -0.493 e. The largest absolute Gasteiger partial charge is 0.493 e. The Balaban J connectivity index is 3.11. The van der Waals surface area contributed by atoms with Crippen molar-refractivity contribution in [2.45, 2.75) is 19.4 Å². The molecule has 1 aromatic rings. The average molecular weight is 275 g/mol. The van der Waals surface area contributed by atoms with Crippen molar-refractivity contribution in [1.29, 1.82) is 0 Å². The van der Waals surface area contributed by atoms with Crippen LogP contribution in [0.2, 0.25) is 0 Å². The monoisotopic (exact) mass is 274 g/mol. The molecule has 1 aromatic carbocycles. The highest BCUT2D eigenvalue weighted by Gasteiger charge is 2.13. The topological polar surface area (TPSA) is 38.7 Å². The van der Waals surface area contributed by atoms with Gasteiger partial charge in [-0.2, -0.15) is 0 Å². The molecule has 4 heteroatoms. The first-order valence-electron chi connectivity index (χ1n) is 4.67. The molecule has 0 saturated carbocycles. The SMILES string of the molecule is COc1ccc(CC(C)O)c(Br)c1OC. The summed E-state index contributed by atoms with van der Waals surface area (Å²) in [7, 11) is 3.19. The standard InChI is InChI=1S/C11H15BrO3/c1-7(13)6-8-4-5-9(14-2)11(15-3)10(8)12/h4-5,7,13H,6H2,1-3H3. The van der Waals surface area contributed by atoms with Crippen LogP contribution in [0.15, 0.2) is 16.6 Å². The molecule has 0 spiro atoms. The normalized spacial score (nSPS) is 12.3. The van der Waals surface area contributed by atoms with Crippen LogP contribution in [0, 0.1) is 0 Å². The van der Waals surface area contributed by atoms with Crippen LogP contribution in [0.25, 0.3) is 0 Å². The average Bonchev–Trinajstić information content (AvgIpc) is 2.20. The number of rotatable bonds is 4. The molecule has 0 aliphatic rings. The molecule has 0 aromatic heterocycles. The van der Waals surface area contributed by atoms with Crippen molar-refractivity contribution in [3.05, 3.63) is 22.2 Å². The van der Waals surface area contributed by atoms with Crippen molar-refractivity contribution in [2.24, 2.45) is 0 Å². The molecule has 3 nitrogen and oxygen atoms in total. The fourth-order valence-corrected chi connectivity index (χ4v) is 2.06. The summed E-state index contributed by atoms with van der Waals surface area (Å²) in [5.74, 6) is 1.34. The summed E-state index contributed by atoms with van der Waals surface area (Å²) >= 11 is 3.45. The third kappa shape index (κ3) is 2.86. The smallest absolute Gasteiger partial charge is 0.175 e. The molecule has 0 radical (unpaired) electrons. The summed E-state index contributed by atoms with van der Waals surface area (Å²) in [5.41, 5.74) is 1.00. The first-order valence-corrected chi connectivity index (χ1v) is 5.46. The summed E-state index contributed by atoms with van der Waals surface area (Å²) in [5, 5.41) is 9.33. The highest BCUT2D eigenvalue weighted by Crippen LogP contribution is 2.37. The fourth-order valence-electron chi connectivity index (χ4n) is 1.41. The van der Waals surface area contributed by atoms with E-state index in [1.54, 1.807) is 21.1 Å². The van der Waals surface area contributed by atoms with Gasteiger partial charge in [0, 0.05) is 0 Å². The molecule has 1 N–H and O–H groups in total. The van der Waals surface area contributed by atoms with Crippen LogP contribution in [0.1, 0.15) is 12.5 Å². The molecule has 1 unspecified atom stereocenters. The number of hydrogen-bond donors (Lipinski definition) is 1. The zero-order chi connectivity index (χ0) is 11.4. The molecule has 0 aliphatic carbocycles. The van der Waals surface area contributed by atoms with E-state index in [1.807, 2.05) is 12.1 Å². The van der Waals surface area contributed by atoms with Gasteiger partial charge in [0.2, 0.25) is 0 Å². The third-order valence-electron chi connectivity index (χ3n) is 2.08. The molecule has 15 heavy (non-hydrogen) atoms. The number of halogens is 1. The van der Waals surface area contributed by atoms with Crippen LogP contribution >= 0.6 is 15.9 Å². The first-order chi connectivity index (χ1) is 7.10. The van der Waals surface area contributed by atoms with E-state index in [0.717, 1.165) is 10.0 Å². The lowest BCUT2D eigenvalue weighted by Crippen LogP contribution is -2.05. The second-order valence-electron chi connectivity index (χ2n) is 3.33. The lowest BCUT2D eigenvalue weighted by atomic mass is 10.1. The lowest BCUT2D eigenvalue weighted by molar-refractivity contribution is 0.195. The van der Waals surface area contributed by atoms with E-state index in [0.29, 0.717) is 17.9 Å². The van der Waals surface area contributed by atoms with E-state index in [-0.39, 0.29) is 6.10 Å². The van der Waals surface area contributed by atoms with Gasteiger partial charge in [-0.1, -0.05) is 6.07 Å². The molecule has 84 valence electrons. The molecule has 0 bridgehead atoms. The van der Waals surface area contributed by atoms with E-state index in [9.17, 15) is 5.11 Å². The number of aliphatic hydroxyl groups is 1. The Labute approximate surface area is 98.1 Å². The van der Waals surface area contributed by atoms with E-state index in [4.69, 9.17) is 9.47 Å². The van der Waals surface area contributed by atoms with Crippen molar-refractivity contribution >= 4 is 15.9 Å². The van der Waals surface area contributed by atoms with Crippen molar-refractivity contribution in [2.75, 3.05) is 14.2 Å². The van der Waals surface area contributed by atoms with Crippen LogP contribution < -0.4 is 9.47 Å². The van der Waals surface area contributed by atoms with Crippen molar-refractivity contribution in [3.63, 3.8) is 0 Å². The Morgan fingerprint density at radius 1 is 1.33 bits per heavy atom. The van der Waals surface area contributed by atoms with Crippen molar-refractivity contribution < 1.29 is 14.6 Å². The van der Waals surface area contributed by atoms with Gasteiger partial charge in [0.1, 0.15) is 0 Å². The highest BCUT2D eigenvalue weighted by atomic mass is 79.9.